The van der Waals surface area contributed by atoms with Crippen molar-refractivity contribution in [2.24, 2.45) is 14.1 Å². The Balaban J connectivity index is 1.90. The first kappa shape index (κ1) is 20.4. The van der Waals surface area contributed by atoms with Gasteiger partial charge in [-0.05, 0) is 23.6 Å². The quantitative estimate of drug-likeness (QED) is 0.554. The largest absolute Gasteiger partial charge is 0.346 e. The molecule has 144 valence electrons. The van der Waals surface area contributed by atoms with Gasteiger partial charge in [0.1, 0.15) is 0 Å². The zero-order valence-corrected chi connectivity index (χ0v) is 16.3. The Bertz CT molecular complexity index is 963. The number of hydrogen-bond acceptors (Lipinski definition) is 6. The van der Waals surface area contributed by atoms with Crippen LogP contribution in [0.25, 0.3) is 0 Å². The van der Waals surface area contributed by atoms with Crippen molar-refractivity contribution in [3.8, 4) is 0 Å². The summed E-state index contributed by atoms with van der Waals surface area (Å²) in [5.74, 6) is -0.741. The molecular formula is C17H21N5O4S. The van der Waals surface area contributed by atoms with E-state index in [2.05, 4.69) is 29.8 Å². The summed E-state index contributed by atoms with van der Waals surface area (Å²) in [5.41, 5.74) is 5.00. The van der Waals surface area contributed by atoms with Crippen LogP contribution in [0.5, 0.6) is 0 Å². The van der Waals surface area contributed by atoms with Gasteiger partial charge in [-0.3, -0.25) is 29.8 Å². The number of carbonyl (C=O) groups excluding carboxylic acids is 2. The second-order valence-corrected chi connectivity index (χ2v) is 7.11. The van der Waals surface area contributed by atoms with Gasteiger partial charge in [-0.1, -0.05) is 37.7 Å². The number of aryl methyl sites for hydroxylation is 1. The van der Waals surface area contributed by atoms with Crippen LogP contribution >= 0.6 is 11.8 Å². The summed E-state index contributed by atoms with van der Waals surface area (Å²) in [6.45, 7) is 4.11. The highest BCUT2D eigenvalue weighted by Gasteiger charge is 2.13. The molecule has 0 aliphatic carbocycles. The summed E-state index contributed by atoms with van der Waals surface area (Å²) in [4.78, 5) is 47.5. The van der Waals surface area contributed by atoms with Crippen molar-refractivity contribution in [1.82, 2.24) is 25.2 Å². The van der Waals surface area contributed by atoms with Gasteiger partial charge in [0.25, 0.3) is 11.5 Å². The standard InChI is InChI=1S/C17H21N5O4S/c1-10(2)11-5-7-12(8-6-11)14(24)19-18-13(23)9-27-15-16(25)21(3)17(26)22(4)20-15/h5-8,10H,9H2,1-4H3,(H,18,23)(H,19,24). The number of benzene rings is 1. The predicted molar refractivity (Wildman–Crippen MR) is 102 cm³/mol. The molecule has 2 N–H and O–H groups in total. The fourth-order valence-electron chi connectivity index (χ4n) is 2.15. The van der Waals surface area contributed by atoms with E-state index in [1.807, 2.05) is 12.1 Å². The number of amides is 2. The number of nitrogens with one attached hydrogen (secondary N) is 2. The normalized spacial score (nSPS) is 10.7. The van der Waals surface area contributed by atoms with E-state index < -0.39 is 23.1 Å². The number of aromatic nitrogens is 3. The Morgan fingerprint density at radius 3 is 2.33 bits per heavy atom. The van der Waals surface area contributed by atoms with E-state index in [1.54, 1.807) is 12.1 Å². The van der Waals surface area contributed by atoms with E-state index >= 15 is 0 Å². The number of rotatable bonds is 5. The van der Waals surface area contributed by atoms with Crippen molar-refractivity contribution in [2.45, 2.75) is 24.8 Å². The Kier molecular flexibility index (Phi) is 6.56. The van der Waals surface area contributed by atoms with Crippen molar-refractivity contribution in [2.75, 3.05) is 5.75 Å². The third-order valence-corrected chi connectivity index (χ3v) is 4.72. The van der Waals surface area contributed by atoms with Crippen LogP contribution in [0.1, 0.15) is 35.7 Å². The molecule has 1 aromatic carbocycles. The number of thioether (sulfide) groups is 1. The van der Waals surface area contributed by atoms with Crippen molar-refractivity contribution in [3.05, 3.63) is 56.2 Å². The maximum absolute atomic E-state index is 12.0. The van der Waals surface area contributed by atoms with E-state index in [9.17, 15) is 19.2 Å². The van der Waals surface area contributed by atoms with Crippen molar-refractivity contribution in [3.63, 3.8) is 0 Å². The van der Waals surface area contributed by atoms with E-state index in [1.165, 1.54) is 14.1 Å². The Hall–Kier alpha value is -2.88. The summed E-state index contributed by atoms with van der Waals surface area (Å²) in [5, 5.41) is 3.86. The minimum Gasteiger partial charge on any atom is -0.272 e. The smallest absolute Gasteiger partial charge is 0.272 e. The Morgan fingerprint density at radius 1 is 1.11 bits per heavy atom. The molecule has 2 rings (SSSR count). The molecule has 0 bridgehead atoms. The lowest BCUT2D eigenvalue weighted by Crippen LogP contribution is -2.43. The summed E-state index contributed by atoms with van der Waals surface area (Å²) in [6.07, 6.45) is 0. The van der Waals surface area contributed by atoms with Gasteiger partial charge in [-0.2, -0.15) is 5.10 Å². The molecule has 2 amide bonds. The molecule has 2 aromatic rings. The van der Waals surface area contributed by atoms with Gasteiger partial charge in [-0.15, -0.1) is 0 Å². The molecule has 0 saturated heterocycles. The minimum absolute atomic E-state index is 0.0188. The van der Waals surface area contributed by atoms with Crippen LogP contribution < -0.4 is 22.1 Å². The molecule has 0 aliphatic heterocycles. The van der Waals surface area contributed by atoms with Crippen molar-refractivity contribution < 1.29 is 9.59 Å². The third-order valence-electron chi connectivity index (χ3n) is 3.79. The molecule has 1 heterocycles. The fourth-order valence-corrected chi connectivity index (χ4v) is 2.93. The van der Waals surface area contributed by atoms with Crippen LogP contribution in [0.4, 0.5) is 0 Å². The van der Waals surface area contributed by atoms with Crippen LogP contribution in [0, 0.1) is 0 Å². The van der Waals surface area contributed by atoms with Crippen LogP contribution in [-0.4, -0.2) is 31.9 Å². The lowest BCUT2D eigenvalue weighted by atomic mass is 10.0. The highest BCUT2D eigenvalue weighted by Crippen LogP contribution is 2.14. The third kappa shape index (κ3) is 5.07. The van der Waals surface area contributed by atoms with E-state index in [-0.39, 0.29) is 10.8 Å². The molecule has 1 aromatic heterocycles. The zero-order valence-electron chi connectivity index (χ0n) is 15.5. The maximum Gasteiger partial charge on any atom is 0.346 e. The molecule has 0 spiro atoms. The van der Waals surface area contributed by atoms with Gasteiger partial charge in [-0.25, -0.2) is 9.48 Å². The lowest BCUT2D eigenvalue weighted by Gasteiger charge is -2.09. The van der Waals surface area contributed by atoms with Gasteiger partial charge in [0.15, 0.2) is 5.03 Å². The Morgan fingerprint density at radius 2 is 1.74 bits per heavy atom. The predicted octanol–water partition coefficient (Wildman–Crippen LogP) is 0.156. The topological polar surface area (TPSA) is 115 Å². The molecule has 0 radical (unpaired) electrons. The van der Waals surface area contributed by atoms with Gasteiger partial charge in [0.05, 0.1) is 5.75 Å². The van der Waals surface area contributed by atoms with Gasteiger partial charge < -0.3 is 0 Å². The second-order valence-electron chi connectivity index (χ2n) is 6.14. The van der Waals surface area contributed by atoms with E-state index in [0.717, 1.165) is 26.6 Å². The zero-order chi connectivity index (χ0) is 20.1. The summed E-state index contributed by atoms with van der Waals surface area (Å²) < 4.78 is 1.93. The monoisotopic (exact) mass is 391 g/mol. The molecule has 0 saturated carbocycles. The number of hydrogen-bond donors (Lipinski definition) is 2. The average Bonchev–Trinajstić information content (AvgIpc) is 2.66. The van der Waals surface area contributed by atoms with Gasteiger partial charge >= 0.3 is 5.69 Å². The fraction of sp³-hybridized carbons (Fsp3) is 0.353. The summed E-state index contributed by atoms with van der Waals surface area (Å²) >= 11 is 0.877. The lowest BCUT2D eigenvalue weighted by molar-refractivity contribution is -0.119. The van der Waals surface area contributed by atoms with Crippen LogP contribution in [0.15, 0.2) is 38.9 Å². The van der Waals surface area contributed by atoms with E-state index in [4.69, 9.17) is 0 Å². The van der Waals surface area contributed by atoms with Crippen molar-refractivity contribution in [1.29, 1.82) is 0 Å². The number of carbonyl (C=O) groups is 2. The molecule has 0 unspecified atom stereocenters. The maximum atomic E-state index is 12.0. The minimum atomic E-state index is -0.579. The molecule has 10 heteroatoms. The first-order valence-corrected chi connectivity index (χ1v) is 9.15. The summed E-state index contributed by atoms with van der Waals surface area (Å²) in [7, 11) is 2.75. The van der Waals surface area contributed by atoms with Gasteiger partial charge in [0.2, 0.25) is 5.91 Å². The Labute approximate surface area is 159 Å². The summed E-state index contributed by atoms with van der Waals surface area (Å²) in [6, 6.07) is 7.09. The first-order valence-electron chi connectivity index (χ1n) is 8.17. The average molecular weight is 391 g/mol. The van der Waals surface area contributed by atoms with Gasteiger partial charge in [0, 0.05) is 19.7 Å². The first-order chi connectivity index (χ1) is 12.7. The molecular weight excluding hydrogens is 370 g/mol. The molecule has 0 aliphatic rings. The second kappa shape index (κ2) is 8.67. The highest BCUT2D eigenvalue weighted by molar-refractivity contribution is 7.99. The highest BCUT2D eigenvalue weighted by atomic mass is 32.2. The van der Waals surface area contributed by atoms with Crippen LogP contribution in [0.3, 0.4) is 0 Å². The molecule has 0 atom stereocenters. The number of nitrogens with zero attached hydrogens (tertiary/aromatic N) is 3. The SMILES string of the molecule is CC(C)c1ccc(C(=O)NNC(=O)CSc2nn(C)c(=O)n(C)c2=O)cc1. The van der Waals surface area contributed by atoms with Crippen LogP contribution in [0.2, 0.25) is 0 Å². The molecule has 0 fully saturated rings. The molecule has 27 heavy (non-hydrogen) atoms. The molecule has 9 nitrogen and oxygen atoms in total. The van der Waals surface area contributed by atoms with Crippen molar-refractivity contribution >= 4 is 23.6 Å². The van der Waals surface area contributed by atoms with Crippen LogP contribution in [-0.2, 0) is 18.9 Å². The number of hydrazine groups is 1. The van der Waals surface area contributed by atoms with E-state index in [0.29, 0.717) is 11.5 Å².